The normalized spacial score (nSPS) is 14.7. The van der Waals surface area contributed by atoms with Crippen LogP contribution in [0.1, 0.15) is 74.7 Å². The molecule has 4 heterocycles. The van der Waals surface area contributed by atoms with Crippen molar-refractivity contribution in [2.24, 2.45) is 5.92 Å². The SMILES string of the molecule is C=C/C=C(/c1cc(F)cc(CCCN(C)C)c1)c1nc(-c2n[nH]c3ccc(C(/C=C(\C=C)CC4CCNCC4)=C/C)nc23)[nH]c1C.CC. The molecule has 1 aromatic carbocycles. The summed E-state index contributed by atoms with van der Waals surface area (Å²) in [5.74, 6) is 0.995. The fraction of sp³-hybridized carbons (Fsp3) is 0.375. The van der Waals surface area contributed by atoms with Gasteiger partial charge in [-0.15, -0.1) is 0 Å². The second-order valence-corrected chi connectivity index (χ2v) is 12.4. The van der Waals surface area contributed by atoms with E-state index in [1.54, 1.807) is 18.2 Å². The number of nitrogens with one attached hydrogen (secondary N) is 3. The highest BCUT2D eigenvalue weighted by atomic mass is 19.1. The number of aryl methyl sites for hydroxylation is 2. The highest BCUT2D eigenvalue weighted by Crippen LogP contribution is 2.32. The average molecular weight is 650 g/mol. The number of pyridine rings is 1. The summed E-state index contributed by atoms with van der Waals surface area (Å²) >= 11 is 0. The highest BCUT2D eigenvalue weighted by molar-refractivity contribution is 5.90. The number of hydrogen-bond acceptors (Lipinski definition) is 5. The van der Waals surface area contributed by atoms with Gasteiger partial charge in [-0.05, 0) is 138 Å². The van der Waals surface area contributed by atoms with Crippen molar-refractivity contribution in [3.8, 4) is 11.5 Å². The number of rotatable bonds is 13. The zero-order valence-corrected chi connectivity index (χ0v) is 29.6. The summed E-state index contributed by atoms with van der Waals surface area (Å²) in [6.45, 7) is 19.1. The molecule has 0 bridgehead atoms. The molecule has 0 saturated carbocycles. The van der Waals surface area contributed by atoms with Gasteiger partial charge in [0.25, 0.3) is 0 Å². The molecule has 5 rings (SSSR count). The van der Waals surface area contributed by atoms with Gasteiger partial charge in [-0.25, -0.2) is 14.4 Å². The van der Waals surface area contributed by atoms with Gasteiger partial charge < -0.3 is 15.2 Å². The standard InChI is InChI=1S/C38H46FN7.C2H6/c1-7-11-32(30-22-28(23-31(39)24-30)12-10-19-46(5)6)35-25(4)41-38(43-35)37-36-34(44-45-37)14-13-33(42-36)29(9-3)21-26(8-2)20-27-15-17-40-18-16-27;1-2/h7-9,11,13-14,21-24,27,40H,1-2,10,12,15-20H2,3-6H3,(H,41,43)(H,44,45);1-2H3/b26-21+,29-9+,32-11-;. The number of aromatic nitrogens is 5. The molecule has 0 aliphatic carbocycles. The molecule has 1 aliphatic rings. The Balaban J connectivity index is 0.00000255. The predicted molar refractivity (Wildman–Crippen MR) is 200 cm³/mol. The number of hydrogen-bond donors (Lipinski definition) is 3. The number of allylic oxidation sites excluding steroid dienone is 7. The summed E-state index contributed by atoms with van der Waals surface area (Å²) in [6.07, 6.45) is 15.0. The van der Waals surface area contributed by atoms with Crippen LogP contribution < -0.4 is 5.32 Å². The van der Waals surface area contributed by atoms with Crippen LogP contribution in [0, 0.1) is 18.7 Å². The van der Waals surface area contributed by atoms with Crippen LogP contribution in [0.4, 0.5) is 4.39 Å². The van der Waals surface area contributed by atoms with Crippen molar-refractivity contribution >= 4 is 22.2 Å². The number of fused-ring (bicyclic) bond motifs is 1. The number of piperidine rings is 1. The van der Waals surface area contributed by atoms with Crippen molar-refractivity contribution in [2.75, 3.05) is 33.7 Å². The third-order valence-corrected chi connectivity index (χ3v) is 8.59. The van der Waals surface area contributed by atoms with E-state index in [1.165, 1.54) is 18.4 Å². The highest BCUT2D eigenvalue weighted by Gasteiger charge is 2.20. The lowest BCUT2D eigenvalue weighted by Gasteiger charge is -2.23. The van der Waals surface area contributed by atoms with Crippen LogP contribution in [0.2, 0.25) is 0 Å². The Kier molecular flexibility index (Phi) is 13.4. The first-order valence-corrected chi connectivity index (χ1v) is 17.2. The van der Waals surface area contributed by atoms with Crippen LogP contribution in [0.25, 0.3) is 33.7 Å². The van der Waals surface area contributed by atoms with Gasteiger partial charge >= 0.3 is 0 Å². The maximum Gasteiger partial charge on any atom is 0.161 e. The van der Waals surface area contributed by atoms with Gasteiger partial charge in [0.15, 0.2) is 11.5 Å². The van der Waals surface area contributed by atoms with Gasteiger partial charge in [0.05, 0.1) is 16.9 Å². The molecule has 1 aliphatic heterocycles. The molecule has 3 N–H and O–H groups in total. The zero-order valence-electron chi connectivity index (χ0n) is 29.6. The largest absolute Gasteiger partial charge is 0.340 e. The number of benzene rings is 1. The molecule has 4 aromatic rings. The number of halogens is 1. The minimum absolute atomic E-state index is 0.264. The molecule has 0 atom stereocenters. The Morgan fingerprint density at radius 3 is 2.54 bits per heavy atom. The summed E-state index contributed by atoms with van der Waals surface area (Å²) in [4.78, 5) is 15.6. The van der Waals surface area contributed by atoms with Crippen LogP contribution >= 0.6 is 0 Å². The van der Waals surface area contributed by atoms with E-state index in [4.69, 9.17) is 9.97 Å². The van der Waals surface area contributed by atoms with Crippen molar-refractivity contribution in [2.45, 2.75) is 59.8 Å². The summed E-state index contributed by atoms with van der Waals surface area (Å²) in [6, 6.07) is 9.26. The Morgan fingerprint density at radius 1 is 1.08 bits per heavy atom. The zero-order chi connectivity index (χ0) is 34.6. The molecule has 254 valence electrons. The number of aromatic amines is 2. The molecule has 1 saturated heterocycles. The first-order chi connectivity index (χ1) is 23.3. The van der Waals surface area contributed by atoms with Crippen LogP contribution in [0.3, 0.4) is 0 Å². The van der Waals surface area contributed by atoms with E-state index in [9.17, 15) is 4.39 Å². The Bertz CT molecular complexity index is 1780. The van der Waals surface area contributed by atoms with Crippen LogP contribution in [-0.2, 0) is 6.42 Å². The number of H-pyrrole nitrogens is 2. The Labute approximate surface area is 285 Å². The molecule has 3 aromatic heterocycles. The summed E-state index contributed by atoms with van der Waals surface area (Å²) in [5.41, 5.74) is 9.39. The Morgan fingerprint density at radius 2 is 1.85 bits per heavy atom. The summed E-state index contributed by atoms with van der Waals surface area (Å²) in [7, 11) is 4.09. The van der Waals surface area contributed by atoms with Crippen LogP contribution in [0.15, 0.2) is 79.4 Å². The van der Waals surface area contributed by atoms with Crippen LogP contribution in [-0.4, -0.2) is 63.8 Å². The molecule has 0 unspecified atom stereocenters. The molecule has 0 amide bonds. The van der Waals surface area contributed by atoms with Gasteiger partial charge in [-0.1, -0.05) is 57.4 Å². The lowest BCUT2D eigenvalue weighted by Crippen LogP contribution is -2.27. The lowest BCUT2D eigenvalue weighted by atomic mass is 9.90. The molecule has 1 fully saturated rings. The topological polar surface area (TPSA) is 85.5 Å². The minimum atomic E-state index is -0.264. The summed E-state index contributed by atoms with van der Waals surface area (Å²) in [5, 5.41) is 11.2. The fourth-order valence-electron chi connectivity index (χ4n) is 6.16. The second-order valence-electron chi connectivity index (χ2n) is 12.4. The summed E-state index contributed by atoms with van der Waals surface area (Å²) < 4.78 is 14.9. The molecule has 0 spiro atoms. The van der Waals surface area contributed by atoms with E-state index in [0.29, 0.717) is 17.4 Å². The maximum atomic E-state index is 14.9. The molecular formula is C40H52FN7. The molecular weight excluding hydrogens is 597 g/mol. The van der Waals surface area contributed by atoms with Crippen molar-refractivity contribution in [1.82, 2.24) is 35.4 Å². The van der Waals surface area contributed by atoms with Gasteiger partial charge in [-0.3, -0.25) is 5.10 Å². The van der Waals surface area contributed by atoms with Crippen molar-refractivity contribution in [1.29, 1.82) is 0 Å². The van der Waals surface area contributed by atoms with E-state index in [1.807, 2.05) is 66.1 Å². The first kappa shape index (κ1) is 36.4. The van der Waals surface area contributed by atoms with Gasteiger partial charge in [0.2, 0.25) is 0 Å². The van der Waals surface area contributed by atoms with E-state index in [2.05, 4.69) is 56.8 Å². The third kappa shape index (κ3) is 9.14. The number of nitrogens with zero attached hydrogens (tertiary/aromatic N) is 4. The van der Waals surface area contributed by atoms with Gasteiger partial charge in [0, 0.05) is 11.3 Å². The van der Waals surface area contributed by atoms with Crippen molar-refractivity contribution < 1.29 is 4.39 Å². The van der Waals surface area contributed by atoms with E-state index >= 15 is 0 Å². The molecule has 7 nitrogen and oxygen atoms in total. The minimum Gasteiger partial charge on any atom is -0.340 e. The molecule has 8 heteroatoms. The van der Waals surface area contributed by atoms with Gasteiger partial charge in [-0.2, -0.15) is 5.10 Å². The first-order valence-electron chi connectivity index (χ1n) is 17.2. The van der Waals surface area contributed by atoms with Crippen LogP contribution in [0.5, 0.6) is 0 Å². The van der Waals surface area contributed by atoms with E-state index in [0.717, 1.165) is 89.3 Å². The lowest BCUT2D eigenvalue weighted by molar-refractivity contribution is 0.374. The maximum absolute atomic E-state index is 14.9. The van der Waals surface area contributed by atoms with E-state index in [-0.39, 0.29) is 5.82 Å². The Hall–Kier alpha value is -4.40. The van der Waals surface area contributed by atoms with Crippen molar-refractivity contribution in [3.63, 3.8) is 0 Å². The smallest absolute Gasteiger partial charge is 0.161 e. The predicted octanol–water partition coefficient (Wildman–Crippen LogP) is 8.84. The second kappa shape index (κ2) is 17.7. The average Bonchev–Trinajstić information content (AvgIpc) is 3.69. The van der Waals surface area contributed by atoms with Crippen molar-refractivity contribution in [3.05, 3.63) is 113 Å². The van der Waals surface area contributed by atoms with Gasteiger partial charge in [0.1, 0.15) is 11.3 Å². The monoisotopic (exact) mass is 649 g/mol. The number of imidazole rings is 1. The quantitative estimate of drug-likeness (QED) is 0.126. The molecule has 48 heavy (non-hydrogen) atoms. The van der Waals surface area contributed by atoms with E-state index < -0.39 is 0 Å². The fourth-order valence-corrected chi connectivity index (χ4v) is 6.16. The molecule has 0 radical (unpaired) electrons. The third-order valence-electron chi connectivity index (χ3n) is 8.59.